The molecule has 0 saturated carbocycles. The molecule has 2 atom stereocenters. The summed E-state index contributed by atoms with van der Waals surface area (Å²) in [5.74, 6) is 0. The summed E-state index contributed by atoms with van der Waals surface area (Å²) in [6, 6.07) is 0. The SMILES string of the molecule is O=C1SC(F)C(C(F)(F)F)S1. The normalized spacial score (nSPS) is 32.9. The highest BCUT2D eigenvalue weighted by Gasteiger charge is 2.52. The van der Waals surface area contributed by atoms with Crippen molar-refractivity contribution in [3.05, 3.63) is 0 Å². The van der Waals surface area contributed by atoms with E-state index in [0.29, 0.717) is 0 Å². The molecule has 0 aromatic carbocycles. The molecule has 0 bridgehead atoms. The van der Waals surface area contributed by atoms with Gasteiger partial charge in [0.05, 0.1) is 0 Å². The average molecular weight is 206 g/mol. The average Bonchev–Trinajstić information content (AvgIpc) is 2.08. The van der Waals surface area contributed by atoms with Gasteiger partial charge in [-0.25, -0.2) is 4.39 Å². The molecule has 0 N–H and O–H groups in total. The van der Waals surface area contributed by atoms with Gasteiger partial charge in [-0.05, 0) is 11.8 Å². The molecule has 0 aromatic heterocycles. The van der Waals surface area contributed by atoms with Crippen molar-refractivity contribution in [3.8, 4) is 0 Å². The van der Waals surface area contributed by atoms with Crippen molar-refractivity contribution < 1.29 is 22.4 Å². The third kappa shape index (κ3) is 2.02. The Labute approximate surface area is 67.9 Å². The van der Waals surface area contributed by atoms with Crippen LogP contribution in [0.5, 0.6) is 0 Å². The molecule has 0 aromatic rings. The van der Waals surface area contributed by atoms with E-state index in [1.165, 1.54) is 0 Å². The van der Waals surface area contributed by atoms with Gasteiger partial charge >= 0.3 is 6.18 Å². The number of alkyl halides is 4. The molecule has 0 radical (unpaired) electrons. The molecular weight excluding hydrogens is 204 g/mol. The summed E-state index contributed by atoms with van der Waals surface area (Å²) in [6.45, 7) is 0. The molecule has 7 heteroatoms. The van der Waals surface area contributed by atoms with Crippen molar-refractivity contribution >= 4 is 28.0 Å². The Bertz CT molecular complexity index is 179. The van der Waals surface area contributed by atoms with Crippen LogP contribution in [0.3, 0.4) is 0 Å². The Balaban J connectivity index is 2.67. The summed E-state index contributed by atoms with van der Waals surface area (Å²) in [4.78, 5) is 10.3. The molecule has 2 unspecified atom stereocenters. The van der Waals surface area contributed by atoms with E-state index in [-0.39, 0.29) is 23.5 Å². The number of hydrogen-bond acceptors (Lipinski definition) is 3. The highest BCUT2D eigenvalue weighted by atomic mass is 32.2. The van der Waals surface area contributed by atoms with Gasteiger partial charge in [0.2, 0.25) is 4.45 Å². The maximum absolute atomic E-state index is 12.3. The zero-order chi connectivity index (χ0) is 8.65. The van der Waals surface area contributed by atoms with Gasteiger partial charge < -0.3 is 0 Å². The summed E-state index contributed by atoms with van der Waals surface area (Å²) in [5, 5.41) is -2.18. The molecule has 0 amide bonds. The molecule has 1 aliphatic rings. The minimum Gasteiger partial charge on any atom is -0.274 e. The van der Waals surface area contributed by atoms with Crippen molar-refractivity contribution in [2.24, 2.45) is 0 Å². The van der Waals surface area contributed by atoms with Gasteiger partial charge in [-0.1, -0.05) is 11.8 Å². The van der Waals surface area contributed by atoms with E-state index < -0.39 is 21.4 Å². The quantitative estimate of drug-likeness (QED) is 0.567. The minimum absolute atomic E-state index is 0.00463. The van der Waals surface area contributed by atoms with Crippen molar-refractivity contribution in [2.45, 2.75) is 16.9 Å². The fourth-order valence-electron chi connectivity index (χ4n) is 0.554. The van der Waals surface area contributed by atoms with Crippen LogP contribution >= 0.6 is 23.5 Å². The summed E-state index contributed by atoms with van der Waals surface area (Å²) in [7, 11) is 0. The van der Waals surface area contributed by atoms with Gasteiger partial charge in [0.25, 0.3) is 0 Å². The van der Waals surface area contributed by atoms with Crippen LogP contribution in [0.25, 0.3) is 0 Å². The zero-order valence-corrected chi connectivity index (χ0v) is 6.52. The first-order chi connectivity index (χ1) is 4.91. The standard InChI is InChI=1S/C4H2F4OS2/c5-2-1(4(6,7)8)10-3(9)11-2/h1-2H. The van der Waals surface area contributed by atoms with Crippen LogP contribution in [0.15, 0.2) is 0 Å². The van der Waals surface area contributed by atoms with Crippen LogP contribution in [0.2, 0.25) is 0 Å². The minimum atomic E-state index is -4.62. The second kappa shape index (κ2) is 2.85. The first-order valence-electron chi connectivity index (χ1n) is 2.49. The Kier molecular flexibility index (Phi) is 2.38. The third-order valence-corrected chi connectivity index (χ3v) is 3.38. The highest BCUT2D eigenvalue weighted by molar-refractivity contribution is 8.41. The molecule has 11 heavy (non-hydrogen) atoms. The smallest absolute Gasteiger partial charge is 0.274 e. The number of thioether (sulfide) groups is 2. The van der Waals surface area contributed by atoms with E-state index in [2.05, 4.69) is 0 Å². The van der Waals surface area contributed by atoms with Crippen LogP contribution in [0.1, 0.15) is 0 Å². The Hall–Kier alpha value is 0.0900. The molecule has 64 valence electrons. The lowest BCUT2D eigenvalue weighted by Gasteiger charge is -2.12. The van der Waals surface area contributed by atoms with Gasteiger partial charge in [0.15, 0.2) is 5.50 Å². The molecule has 1 fully saturated rings. The van der Waals surface area contributed by atoms with Gasteiger partial charge in [0, 0.05) is 0 Å². The lowest BCUT2D eigenvalue weighted by Crippen LogP contribution is -2.29. The number of carbonyl (C=O) groups excluding carboxylic acids is 1. The molecule has 1 aliphatic heterocycles. The van der Waals surface area contributed by atoms with Crippen LogP contribution < -0.4 is 0 Å². The van der Waals surface area contributed by atoms with E-state index >= 15 is 0 Å². The number of halogens is 4. The first-order valence-corrected chi connectivity index (χ1v) is 4.25. The zero-order valence-electron chi connectivity index (χ0n) is 4.89. The van der Waals surface area contributed by atoms with E-state index in [9.17, 15) is 22.4 Å². The summed E-state index contributed by atoms with van der Waals surface area (Å²) in [5.41, 5.74) is -2.15. The third-order valence-electron chi connectivity index (χ3n) is 0.993. The molecule has 0 spiro atoms. The number of carbonyl (C=O) groups is 1. The van der Waals surface area contributed by atoms with E-state index in [4.69, 9.17) is 0 Å². The largest absolute Gasteiger partial charge is 0.404 e. The van der Waals surface area contributed by atoms with Gasteiger partial charge in [-0.15, -0.1) is 0 Å². The van der Waals surface area contributed by atoms with E-state index in [0.717, 1.165) is 0 Å². The topological polar surface area (TPSA) is 17.1 Å². The molecule has 1 rings (SSSR count). The fourth-order valence-corrected chi connectivity index (χ4v) is 2.61. The van der Waals surface area contributed by atoms with Gasteiger partial charge in [0.1, 0.15) is 5.25 Å². The Morgan fingerprint density at radius 2 is 1.82 bits per heavy atom. The molecular formula is C4H2F4OS2. The van der Waals surface area contributed by atoms with Gasteiger partial charge in [-0.2, -0.15) is 13.2 Å². The lowest BCUT2D eigenvalue weighted by atomic mass is 10.4. The Morgan fingerprint density at radius 1 is 1.27 bits per heavy atom. The van der Waals surface area contributed by atoms with Crippen molar-refractivity contribution in [1.29, 1.82) is 0 Å². The summed E-state index contributed by atoms with van der Waals surface area (Å²) < 4.78 is 46.8. The van der Waals surface area contributed by atoms with Crippen LogP contribution in [0.4, 0.5) is 22.4 Å². The second-order valence-electron chi connectivity index (χ2n) is 1.80. The predicted molar refractivity (Wildman–Crippen MR) is 35.3 cm³/mol. The number of hydrogen-bond donors (Lipinski definition) is 0. The van der Waals surface area contributed by atoms with Gasteiger partial charge in [-0.3, -0.25) is 4.79 Å². The van der Waals surface area contributed by atoms with E-state index in [1.54, 1.807) is 0 Å². The van der Waals surface area contributed by atoms with Crippen LogP contribution in [0, 0.1) is 0 Å². The number of rotatable bonds is 0. The van der Waals surface area contributed by atoms with Crippen LogP contribution in [-0.4, -0.2) is 21.4 Å². The Morgan fingerprint density at radius 3 is 2.00 bits per heavy atom. The van der Waals surface area contributed by atoms with E-state index in [1.807, 2.05) is 0 Å². The fraction of sp³-hybridized carbons (Fsp3) is 0.750. The summed E-state index contributed by atoms with van der Waals surface area (Å²) >= 11 is 0.0974. The maximum Gasteiger partial charge on any atom is 0.404 e. The lowest BCUT2D eigenvalue weighted by molar-refractivity contribution is -0.133. The first kappa shape index (κ1) is 9.18. The molecule has 1 nitrogen and oxygen atoms in total. The van der Waals surface area contributed by atoms with Crippen molar-refractivity contribution in [1.82, 2.24) is 0 Å². The van der Waals surface area contributed by atoms with Crippen LogP contribution in [-0.2, 0) is 0 Å². The van der Waals surface area contributed by atoms with Crippen molar-refractivity contribution in [2.75, 3.05) is 0 Å². The maximum atomic E-state index is 12.3. The van der Waals surface area contributed by atoms with Crippen molar-refractivity contribution in [3.63, 3.8) is 0 Å². The highest BCUT2D eigenvalue weighted by Crippen LogP contribution is 2.47. The monoisotopic (exact) mass is 206 g/mol. The second-order valence-corrected chi connectivity index (χ2v) is 4.23. The predicted octanol–water partition coefficient (Wildman–Crippen LogP) is 2.81. The molecule has 1 heterocycles. The summed E-state index contributed by atoms with van der Waals surface area (Å²) in [6.07, 6.45) is -4.62. The molecule has 0 aliphatic carbocycles. The molecule has 1 saturated heterocycles.